The van der Waals surface area contributed by atoms with Crippen molar-refractivity contribution in [3.05, 3.63) is 40.1 Å². The molecule has 0 aliphatic heterocycles. The van der Waals surface area contributed by atoms with Gasteiger partial charge < -0.3 is 4.52 Å². The predicted octanol–water partition coefficient (Wildman–Crippen LogP) is 2.81. The fourth-order valence-electron chi connectivity index (χ4n) is 1.44. The summed E-state index contributed by atoms with van der Waals surface area (Å²) >= 11 is 5.10. The molecule has 3 aromatic heterocycles. The van der Waals surface area contributed by atoms with E-state index in [1.165, 1.54) is 0 Å². The Morgan fingerprint density at radius 2 is 2.35 bits per heavy atom. The van der Waals surface area contributed by atoms with Crippen LogP contribution in [-0.4, -0.2) is 20.2 Å². The Morgan fingerprint density at radius 3 is 3.06 bits per heavy atom. The zero-order chi connectivity index (χ0) is 11.7. The molecule has 0 unspecified atom stereocenters. The summed E-state index contributed by atoms with van der Waals surface area (Å²) in [5, 5.41) is 13.8. The SMILES string of the molecule is Brc1ccsc1-c1cn(Cc2ccno2)nn1. The molecule has 0 N–H and O–H groups in total. The average molecular weight is 311 g/mol. The lowest BCUT2D eigenvalue weighted by molar-refractivity contribution is 0.370. The molecule has 0 saturated carbocycles. The highest BCUT2D eigenvalue weighted by Gasteiger charge is 2.09. The van der Waals surface area contributed by atoms with E-state index in [-0.39, 0.29) is 0 Å². The van der Waals surface area contributed by atoms with E-state index < -0.39 is 0 Å². The Labute approximate surface area is 109 Å². The summed E-state index contributed by atoms with van der Waals surface area (Å²) in [6.07, 6.45) is 3.50. The summed E-state index contributed by atoms with van der Waals surface area (Å²) in [4.78, 5) is 1.08. The second-order valence-electron chi connectivity index (χ2n) is 3.38. The third-order valence-corrected chi connectivity index (χ3v) is 4.06. The number of hydrogen-bond donors (Lipinski definition) is 0. The molecule has 0 amide bonds. The lowest BCUT2D eigenvalue weighted by Crippen LogP contribution is -1.98. The standard InChI is InChI=1S/C10H7BrN4OS/c11-8-2-4-17-10(8)9-6-15(14-13-9)5-7-1-3-12-16-7/h1-4,6H,5H2. The summed E-state index contributed by atoms with van der Waals surface area (Å²) in [7, 11) is 0. The maximum atomic E-state index is 5.02. The third-order valence-electron chi connectivity index (χ3n) is 2.20. The second kappa shape index (κ2) is 4.42. The molecule has 17 heavy (non-hydrogen) atoms. The topological polar surface area (TPSA) is 56.7 Å². The van der Waals surface area contributed by atoms with Crippen LogP contribution in [0.15, 0.2) is 38.9 Å². The van der Waals surface area contributed by atoms with Crippen molar-refractivity contribution in [1.29, 1.82) is 0 Å². The first kappa shape index (κ1) is 10.7. The Bertz CT molecular complexity index is 616. The largest absolute Gasteiger partial charge is 0.359 e. The molecule has 0 saturated heterocycles. The molecule has 0 radical (unpaired) electrons. The summed E-state index contributed by atoms with van der Waals surface area (Å²) in [5.74, 6) is 0.756. The van der Waals surface area contributed by atoms with Crippen LogP contribution in [0.25, 0.3) is 10.6 Å². The van der Waals surface area contributed by atoms with Gasteiger partial charge in [-0.2, -0.15) is 0 Å². The maximum absolute atomic E-state index is 5.02. The summed E-state index contributed by atoms with van der Waals surface area (Å²) in [5.41, 5.74) is 0.853. The molecule has 0 aliphatic carbocycles. The van der Waals surface area contributed by atoms with E-state index in [0.29, 0.717) is 6.54 Å². The van der Waals surface area contributed by atoms with Crippen molar-refractivity contribution in [2.45, 2.75) is 6.54 Å². The molecule has 7 heteroatoms. The Hall–Kier alpha value is -1.47. The van der Waals surface area contributed by atoms with E-state index in [0.717, 1.165) is 20.8 Å². The van der Waals surface area contributed by atoms with E-state index in [2.05, 4.69) is 31.4 Å². The number of halogens is 1. The van der Waals surface area contributed by atoms with Crippen molar-refractivity contribution in [2.75, 3.05) is 0 Å². The van der Waals surface area contributed by atoms with Crippen LogP contribution in [-0.2, 0) is 6.54 Å². The minimum absolute atomic E-state index is 0.538. The van der Waals surface area contributed by atoms with Crippen molar-refractivity contribution in [1.82, 2.24) is 20.2 Å². The van der Waals surface area contributed by atoms with Crippen molar-refractivity contribution in [2.24, 2.45) is 0 Å². The fourth-order valence-corrected chi connectivity index (χ4v) is 2.97. The molecule has 0 aliphatic rings. The molecule has 3 aromatic rings. The van der Waals surface area contributed by atoms with E-state index in [1.54, 1.807) is 22.2 Å². The van der Waals surface area contributed by atoms with Gasteiger partial charge in [-0.25, -0.2) is 4.68 Å². The smallest absolute Gasteiger partial charge is 0.158 e. The summed E-state index contributed by atoms with van der Waals surface area (Å²) in [6.45, 7) is 0.538. The molecular weight excluding hydrogens is 304 g/mol. The zero-order valence-electron chi connectivity index (χ0n) is 8.58. The van der Waals surface area contributed by atoms with E-state index in [1.807, 2.05) is 23.7 Å². The monoisotopic (exact) mass is 310 g/mol. The maximum Gasteiger partial charge on any atom is 0.158 e. The minimum Gasteiger partial charge on any atom is -0.359 e. The average Bonchev–Trinajstić information content (AvgIpc) is 3.00. The first-order valence-electron chi connectivity index (χ1n) is 4.86. The first-order valence-corrected chi connectivity index (χ1v) is 6.53. The van der Waals surface area contributed by atoms with E-state index >= 15 is 0 Å². The Kier molecular flexibility index (Phi) is 2.77. The summed E-state index contributed by atoms with van der Waals surface area (Å²) in [6, 6.07) is 3.80. The van der Waals surface area contributed by atoms with Gasteiger partial charge in [0.15, 0.2) is 5.76 Å². The van der Waals surface area contributed by atoms with Crippen molar-refractivity contribution < 1.29 is 4.52 Å². The number of aromatic nitrogens is 4. The highest BCUT2D eigenvalue weighted by Crippen LogP contribution is 2.31. The van der Waals surface area contributed by atoms with Gasteiger partial charge in [0, 0.05) is 10.5 Å². The van der Waals surface area contributed by atoms with E-state index in [9.17, 15) is 0 Å². The van der Waals surface area contributed by atoms with Gasteiger partial charge in [0.2, 0.25) is 0 Å². The quantitative estimate of drug-likeness (QED) is 0.746. The van der Waals surface area contributed by atoms with Crippen LogP contribution in [0.4, 0.5) is 0 Å². The predicted molar refractivity (Wildman–Crippen MR) is 66.6 cm³/mol. The molecule has 3 heterocycles. The van der Waals surface area contributed by atoms with Crippen LogP contribution in [0.1, 0.15) is 5.76 Å². The third kappa shape index (κ3) is 2.16. The van der Waals surface area contributed by atoms with Crippen LogP contribution >= 0.6 is 27.3 Å². The fraction of sp³-hybridized carbons (Fsp3) is 0.100. The second-order valence-corrected chi connectivity index (χ2v) is 5.15. The van der Waals surface area contributed by atoms with Crippen molar-refractivity contribution in [3.63, 3.8) is 0 Å². The number of nitrogens with zero attached hydrogens (tertiary/aromatic N) is 4. The highest BCUT2D eigenvalue weighted by molar-refractivity contribution is 9.10. The molecular formula is C10H7BrN4OS. The van der Waals surface area contributed by atoms with Crippen LogP contribution < -0.4 is 0 Å². The number of hydrogen-bond acceptors (Lipinski definition) is 5. The van der Waals surface area contributed by atoms with Crippen LogP contribution in [0, 0.1) is 0 Å². The van der Waals surface area contributed by atoms with Crippen LogP contribution in [0.5, 0.6) is 0 Å². The van der Waals surface area contributed by atoms with Gasteiger partial charge >= 0.3 is 0 Å². The van der Waals surface area contributed by atoms with Gasteiger partial charge in [-0.3, -0.25) is 0 Å². The first-order chi connectivity index (χ1) is 8.33. The molecule has 86 valence electrons. The van der Waals surface area contributed by atoms with Crippen LogP contribution in [0.3, 0.4) is 0 Å². The molecule has 3 rings (SSSR count). The lowest BCUT2D eigenvalue weighted by atomic mass is 10.4. The molecule has 0 bridgehead atoms. The molecule has 0 aromatic carbocycles. The highest BCUT2D eigenvalue weighted by atomic mass is 79.9. The number of rotatable bonds is 3. The van der Waals surface area contributed by atoms with Gasteiger partial charge in [-0.15, -0.1) is 16.4 Å². The molecule has 0 spiro atoms. The molecule has 0 fully saturated rings. The van der Waals surface area contributed by atoms with E-state index in [4.69, 9.17) is 4.52 Å². The Balaban J connectivity index is 1.86. The lowest BCUT2D eigenvalue weighted by Gasteiger charge is -1.93. The normalized spacial score (nSPS) is 10.9. The number of thiophene rings is 1. The van der Waals surface area contributed by atoms with Gasteiger partial charge in [-0.1, -0.05) is 10.4 Å². The Morgan fingerprint density at radius 1 is 1.41 bits per heavy atom. The van der Waals surface area contributed by atoms with Crippen molar-refractivity contribution in [3.8, 4) is 10.6 Å². The van der Waals surface area contributed by atoms with Crippen LogP contribution in [0.2, 0.25) is 0 Å². The van der Waals surface area contributed by atoms with Crippen molar-refractivity contribution >= 4 is 27.3 Å². The van der Waals surface area contributed by atoms with Gasteiger partial charge in [0.25, 0.3) is 0 Å². The zero-order valence-corrected chi connectivity index (χ0v) is 11.0. The molecule has 0 atom stereocenters. The van der Waals surface area contributed by atoms with Gasteiger partial charge in [0.05, 0.1) is 17.3 Å². The van der Waals surface area contributed by atoms with Gasteiger partial charge in [0.1, 0.15) is 12.2 Å². The minimum atomic E-state index is 0.538. The molecule has 5 nitrogen and oxygen atoms in total. The summed E-state index contributed by atoms with van der Waals surface area (Å²) < 4.78 is 7.78. The van der Waals surface area contributed by atoms with Gasteiger partial charge in [-0.05, 0) is 27.4 Å².